The quantitative estimate of drug-likeness (QED) is 0.907. The number of anilines is 2. The number of carbonyl (C=O) groups is 1. The van der Waals surface area contributed by atoms with Crippen LogP contribution in [-0.2, 0) is 12.8 Å². The number of hydrogen-bond acceptors (Lipinski definition) is 4. The number of carbonyl (C=O) groups excluding carboxylic acids is 1. The number of nitrogens with one attached hydrogen (secondary N) is 2. The zero-order valence-electron chi connectivity index (χ0n) is 11.4. The summed E-state index contributed by atoms with van der Waals surface area (Å²) in [5.74, 6) is -0.0968. The highest BCUT2D eigenvalue weighted by molar-refractivity contribution is 7.15. The van der Waals surface area contributed by atoms with Crippen LogP contribution in [0, 0.1) is 0 Å². The Morgan fingerprint density at radius 2 is 2.10 bits per heavy atom. The lowest BCUT2D eigenvalue weighted by molar-refractivity contribution is 0.102. The van der Waals surface area contributed by atoms with Gasteiger partial charge in [-0.05, 0) is 50.5 Å². The summed E-state index contributed by atoms with van der Waals surface area (Å²) in [7, 11) is 0. The molecular weight excluding hydrogens is 270 g/mol. The van der Waals surface area contributed by atoms with Gasteiger partial charge in [-0.15, -0.1) is 11.3 Å². The van der Waals surface area contributed by atoms with E-state index in [1.54, 1.807) is 11.3 Å². The summed E-state index contributed by atoms with van der Waals surface area (Å²) in [4.78, 5) is 17.9. The lowest BCUT2D eigenvalue weighted by Crippen LogP contribution is -2.11. The van der Waals surface area contributed by atoms with Crippen LogP contribution in [0.2, 0.25) is 0 Å². The second-order valence-electron chi connectivity index (χ2n) is 4.80. The number of rotatable bonds is 4. The van der Waals surface area contributed by atoms with E-state index in [-0.39, 0.29) is 5.91 Å². The Balaban J connectivity index is 1.68. The minimum absolute atomic E-state index is 0.0968. The van der Waals surface area contributed by atoms with E-state index in [0.717, 1.165) is 35.9 Å². The molecule has 3 rings (SSSR count). The molecule has 0 aliphatic heterocycles. The predicted molar refractivity (Wildman–Crippen MR) is 82.7 cm³/mol. The van der Waals surface area contributed by atoms with Crippen molar-refractivity contribution in [3.8, 4) is 0 Å². The molecule has 4 nitrogen and oxygen atoms in total. The average Bonchev–Trinajstić information content (AvgIpc) is 3.01. The third kappa shape index (κ3) is 2.67. The van der Waals surface area contributed by atoms with Crippen LogP contribution < -0.4 is 10.6 Å². The van der Waals surface area contributed by atoms with E-state index in [0.29, 0.717) is 5.56 Å². The van der Waals surface area contributed by atoms with Crippen molar-refractivity contribution in [3.63, 3.8) is 0 Å². The Morgan fingerprint density at radius 3 is 2.80 bits per heavy atom. The normalized spacial score (nSPS) is 13.1. The first-order chi connectivity index (χ1) is 9.76. The number of aromatic nitrogens is 1. The lowest BCUT2D eigenvalue weighted by Gasteiger charge is -2.05. The van der Waals surface area contributed by atoms with E-state index in [9.17, 15) is 4.79 Å². The molecule has 0 saturated carbocycles. The molecule has 0 unspecified atom stereocenters. The molecule has 20 heavy (non-hydrogen) atoms. The van der Waals surface area contributed by atoms with Gasteiger partial charge in [0.15, 0.2) is 5.13 Å². The van der Waals surface area contributed by atoms with E-state index in [4.69, 9.17) is 0 Å². The molecule has 1 aromatic carbocycles. The van der Waals surface area contributed by atoms with Crippen molar-refractivity contribution in [1.29, 1.82) is 0 Å². The molecule has 104 valence electrons. The second kappa shape index (κ2) is 5.63. The molecule has 0 radical (unpaired) electrons. The van der Waals surface area contributed by atoms with E-state index in [1.807, 2.05) is 31.2 Å². The Kier molecular flexibility index (Phi) is 3.69. The Bertz CT molecular complexity index is 597. The number of amides is 1. The van der Waals surface area contributed by atoms with Gasteiger partial charge in [0, 0.05) is 22.7 Å². The number of nitrogens with zero attached hydrogens (tertiary/aromatic N) is 1. The molecule has 0 spiro atoms. The van der Waals surface area contributed by atoms with Crippen LogP contribution in [0.15, 0.2) is 24.3 Å². The average molecular weight is 287 g/mol. The molecule has 1 aliphatic rings. The number of hydrogen-bond donors (Lipinski definition) is 2. The van der Waals surface area contributed by atoms with Crippen molar-refractivity contribution in [3.05, 3.63) is 40.4 Å². The minimum Gasteiger partial charge on any atom is -0.385 e. The van der Waals surface area contributed by atoms with Gasteiger partial charge in [0.2, 0.25) is 0 Å². The SMILES string of the molecule is CCNc1ccc(C(=O)Nc2nc3c(s2)CCC3)cc1. The van der Waals surface area contributed by atoms with Crippen LogP contribution in [0.1, 0.15) is 34.3 Å². The molecule has 5 heteroatoms. The molecule has 1 aromatic heterocycles. The first-order valence-electron chi connectivity index (χ1n) is 6.90. The highest BCUT2D eigenvalue weighted by Gasteiger charge is 2.18. The van der Waals surface area contributed by atoms with E-state index < -0.39 is 0 Å². The summed E-state index contributed by atoms with van der Waals surface area (Å²) in [5.41, 5.74) is 2.84. The van der Waals surface area contributed by atoms with Crippen molar-refractivity contribution in [2.75, 3.05) is 17.2 Å². The summed E-state index contributed by atoms with van der Waals surface area (Å²) in [6, 6.07) is 7.49. The van der Waals surface area contributed by atoms with Gasteiger partial charge >= 0.3 is 0 Å². The third-order valence-electron chi connectivity index (χ3n) is 3.34. The fraction of sp³-hybridized carbons (Fsp3) is 0.333. The van der Waals surface area contributed by atoms with Gasteiger partial charge in [-0.3, -0.25) is 10.1 Å². The molecule has 2 N–H and O–H groups in total. The van der Waals surface area contributed by atoms with Gasteiger partial charge in [0.05, 0.1) is 5.69 Å². The Hall–Kier alpha value is -1.88. The number of aryl methyl sites for hydroxylation is 2. The first-order valence-corrected chi connectivity index (χ1v) is 7.72. The molecule has 1 amide bonds. The largest absolute Gasteiger partial charge is 0.385 e. The van der Waals surface area contributed by atoms with Gasteiger partial charge < -0.3 is 5.32 Å². The maximum Gasteiger partial charge on any atom is 0.257 e. The summed E-state index contributed by atoms with van der Waals surface area (Å²) in [6.07, 6.45) is 3.33. The van der Waals surface area contributed by atoms with Crippen molar-refractivity contribution in [2.24, 2.45) is 0 Å². The molecular formula is C15H17N3OS. The summed E-state index contributed by atoms with van der Waals surface area (Å²) >= 11 is 1.60. The summed E-state index contributed by atoms with van der Waals surface area (Å²) in [5, 5.41) is 6.81. The third-order valence-corrected chi connectivity index (χ3v) is 4.42. The zero-order chi connectivity index (χ0) is 13.9. The van der Waals surface area contributed by atoms with E-state index in [2.05, 4.69) is 15.6 Å². The second-order valence-corrected chi connectivity index (χ2v) is 5.89. The van der Waals surface area contributed by atoms with Crippen molar-refractivity contribution < 1.29 is 4.79 Å². The monoisotopic (exact) mass is 287 g/mol. The molecule has 2 aromatic rings. The van der Waals surface area contributed by atoms with Gasteiger partial charge in [0.1, 0.15) is 0 Å². The van der Waals surface area contributed by atoms with Crippen LogP contribution in [0.5, 0.6) is 0 Å². The van der Waals surface area contributed by atoms with Crippen molar-refractivity contribution in [2.45, 2.75) is 26.2 Å². The zero-order valence-corrected chi connectivity index (χ0v) is 12.2. The predicted octanol–water partition coefficient (Wildman–Crippen LogP) is 3.32. The van der Waals surface area contributed by atoms with E-state index in [1.165, 1.54) is 11.3 Å². The van der Waals surface area contributed by atoms with Crippen molar-refractivity contribution in [1.82, 2.24) is 4.98 Å². The topological polar surface area (TPSA) is 54.0 Å². The molecule has 0 fully saturated rings. The molecule has 0 saturated heterocycles. The maximum absolute atomic E-state index is 12.1. The Morgan fingerprint density at radius 1 is 1.30 bits per heavy atom. The first kappa shape index (κ1) is 13.1. The minimum atomic E-state index is -0.0968. The highest BCUT2D eigenvalue weighted by atomic mass is 32.1. The molecule has 0 atom stereocenters. The molecule has 0 bridgehead atoms. The molecule has 1 aliphatic carbocycles. The van der Waals surface area contributed by atoms with Crippen LogP contribution in [0.25, 0.3) is 0 Å². The maximum atomic E-state index is 12.1. The van der Waals surface area contributed by atoms with Crippen LogP contribution >= 0.6 is 11.3 Å². The van der Waals surface area contributed by atoms with E-state index >= 15 is 0 Å². The summed E-state index contributed by atoms with van der Waals surface area (Å²) in [6.45, 7) is 2.92. The number of fused-ring (bicyclic) bond motifs is 1. The molecule has 1 heterocycles. The standard InChI is InChI=1S/C15H17N3OS/c1-2-16-11-8-6-10(7-9-11)14(19)18-15-17-12-4-3-5-13(12)20-15/h6-9,16H,2-5H2,1H3,(H,17,18,19). The smallest absolute Gasteiger partial charge is 0.257 e. The van der Waals surface area contributed by atoms with Crippen molar-refractivity contribution >= 4 is 28.1 Å². The summed E-state index contributed by atoms with van der Waals surface area (Å²) < 4.78 is 0. The van der Waals surface area contributed by atoms with Gasteiger partial charge in [-0.1, -0.05) is 0 Å². The highest BCUT2D eigenvalue weighted by Crippen LogP contribution is 2.30. The van der Waals surface area contributed by atoms with Gasteiger partial charge in [-0.25, -0.2) is 4.98 Å². The van der Waals surface area contributed by atoms with Gasteiger partial charge in [-0.2, -0.15) is 0 Å². The fourth-order valence-corrected chi connectivity index (χ4v) is 3.40. The van der Waals surface area contributed by atoms with Crippen LogP contribution in [0.4, 0.5) is 10.8 Å². The fourth-order valence-electron chi connectivity index (χ4n) is 2.36. The lowest BCUT2D eigenvalue weighted by atomic mass is 10.2. The van der Waals surface area contributed by atoms with Crippen LogP contribution in [0.3, 0.4) is 0 Å². The number of benzene rings is 1. The van der Waals surface area contributed by atoms with Gasteiger partial charge in [0.25, 0.3) is 5.91 Å². The Labute approximate surface area is 122 Å². The van der Waals surface area contributed by atoms with Crippen LogP contribution in [-0.4, -0.2) is 17.4 Å². The number of thiazole rings is 1.